The molecule has 0 aliphatic carbocycles. The summed E-state index contributed by atoms with van der Waals surface area (Å²) in [4.78, 5) is 19.2. The summed E-state index contributed by atoms with van der Waals surface area (Å²) in [6.07, 6.45) is 4.10. The van der Waals surface area contributed by atoms with Crippen LogP contribution in [0.4, 0.5) is 11.5 Å². The first-order valence-corrected chi connectivity index (χ1v) is 8.61. The number of hydrogen-bond donors (Lipinski definition) is 1. The van der Waals surface area contributed by atoms with Gasteiger partial charge < -0.3 is 19.7 Å². The molecule has 6 nitrogen and oxygen atoms in total. The summed E-state index contributed by atoms with van der Waals surface area (Å²) in [7, 11) is 0. The van der Waals surface area contributed by atoms with E-state index in [9.17, 15) is 4.79 Å². The average Bonchev–Trinajstić information content (AvgIpc) is 3.11. The number of pyridine rings is 1. The standard InChI is InChI=1S/C19H21N3O3/c1-13-6-8-22(9-7-13)18-5-3-15(11-20-18)21-19(23)14-2-4-16-17(10-14)25-12-24-16/h2-5,10-11,13H,6-9,12H2,1H3,(H,21,23). The van der Waals surface area contributed by atoms with E-state index in [1.54, 1.807) is 24.4 Å². The van der Waals surface area contributed by atoms with Crippen molar-refractivity contribution in [2.45, 2.75) is 19.8 Å². The molecule has 1 aromatic heterocycles. The summed E-state index contributed by atoms with van der Waals surface area (Å²) in [5.41, 5.74) is 1.20. The Hall–Kier alpha value is -2.76. The molecule has 0 atom stereocenters. The minimum atomic E-state index is -0.195. The minimum Gasteiger partial charge on any atom is -0.454 e. The molecule has 0 bridgehead atoms. The van der Waals surface area contributed by atoms with Crippen LogP contribution >= 0.6 is 0 Å². The molecule has 1 aromatic carbocycles. The zero-order chi connectivity index (χ0) is 17.2. The lowest BCUT2D eigenvalue weighted by atomic mass is 9.99. The maximum absolute atomic E-state index is 12.4. The lowest BCUT2D eigenvalue weighted by molar-refractivity contribution is 0.102. The smallest absolute Gasteiger partial charge is 0.255 e. The lowest BCUT2D eigenvalue weighted by Gasteiger charge is -2.31. The van der Waals surface area contributed by atoms with Gasteiger partial charge in [0, 0.05) is 18.7 Å². The zero-order valence-electron chi connectivity index (χ0n) is 14.2. The summed E-state index contributed by atoms with van der Waals surface area (Å²) in [5, 5.41) is 2.87. The molecule has 130 valence electrons. The summed E-state index contributed by atoms with van der Waals surface area (Å²) < 4.78 is 10.6. The van der Waals surface area contributed by atoms with Crippen molar-refractivity contribution in [3.05, 3.63) is 42.1 Å². The second kappa shape index (κ2) is 6.63. The Balaban J connectivity index is 1.41. The fraction of sp³-hybridized carbons (Fsp3) is 0.368. The molecule has 2 aliphatic rings. The maximum atomic E-state index is 12.4. The van der Waals surface area contributed by atoms with Crippen molar-refractivity contribution in [3.8, 4) is 11.5 Å². The third-order valence-electron chi connectivity index (χ3n) is 4.75. The molecule has 0 radical (unpaired) electrons. The van der Waals surface area contributed by atoms with Crippen molar-refractivity contribution in [1.29, 1.82) is 0 Å². The quantitative estimate of drug-likeness (QED) is 0.929. The Kier molecular flexibility index (Phi) is 4.17. The number of nitrogens with one attached hydrogen (secondary N) is 1. The van der Waals surface area contributed by atoms with Gasteiger partial charge in [-0.05, 0) is 49.1 Å². The number of aromatic nitrogens is 1. The highest BCUT2D eigenvalue weighted by Gasteiger charge is 2.18. The third kappa shape index (κ3) is 3.38. The van der Waals surface area contributed by atoms with Gasteiger partial charge in [-0.1, -0.05) is 6.92 Å². The van der Waals surface area contributed by atoms with E-state index in [1.165, 1.54) is 12.8 Å². The van der Waals surface area contributed by atoms with Gasteiger partial charge in [0.15, 0.2) is 11.5 Å². The van der Waals surface area contributed by atoms with Crippen LogP contribution in [-0.4, -0.2) is 30.8 Å². The number of piperidine rings is 1. The SMILES string of the molecule is CC1CCN(c2ccc(NC(=O)c3ccc4c(c3)OCO4)cn2)CC1. The van der Waals surface area contributed by atoms with E-state index in [0.717, 1.165) is 24.8 Å². The Bertz CT molecular complexity index is 768. The first kappa shape index (κ1) is 15.7. The molecule has 0 saturated carbocycles. The molecule has 1 saturated heterocycles. The molecule has 2 aliphatic heterocycles. The van der Waals surface area contributed by atoms with E-state index in [-0.39, 0.29) is 12.7 Å². The summed E-state index contributed by atoms with van der Waals surface area (Å²) >= 11 is 0. The Labute approximate surface area is 146 Å². The highest BCUT2D eigenvalue weighted by molar-refractivity contribution is 6.04. The molecule has 0 spiro atoms. The van der Waals surface area contributed by atoms with Gasteiger partial charge in [0.05, 0.1) is 11.9 Å². The van der Waals surface area contributed by atoms with Crippen LogP contribution in [0, 0.1) is 5.92 Å². The van der Waals surface area contributed by atoms with Gasteiger partial charge >= 0.3 is 0 Å². The van der Waals surface area contributed by atoms with E-state index in [4.69, 9.17) is 9.47 Å². The fourth-order valence-electron chi connectivity index (χ4n) is 3.13. The number of fused-ring (bicyclic) bond motifs is 1. The Morgan fingerprint density at radius 1 is 1.16 bits per heavy atom. The molecule has 2 aromatic rings. The van der Waals surface area contributed by atoms with E-state index < -0.39 is 0 Å². The molecular formula is C19H21N3O3. The molecule has 6 heteroatoms. The number of ether oxygens (including phenoxy) is 2. The third-order valence-corrected chi connectivity index (χ3v) is 4.75. The van der Waals surface area contributed by atoms with Crippen LogP contribution in [0.2, 0.25) is 0 Å². The number of anilines is 2. The Morgan fingerprint density at radius 3 is 2.72 bits per heavy atom. The van der Waals surface area contributed by atoms with Crippen LogP contribution in [0.5, 0.6) is 11.5 Å². The van der Waals surface area contributed by atoms with Crippen LogP contribution < -0.4 is 19.7 Å². The van der Waals surface area contributed by atoms with Gasteiger partial charge in [-0.3, -0.25) is 4.79 Å². The molecule has 1 fully saturated rings. The van der Waals surface area contributed by atoms with Gasteiger partial charge in [0.2, 0.25) is 6.79 Å². The molecule has 1 N–H and O–H groups in total. The fourth-order valence-corrected chi connectivity index (χ4v) is 3.13. The van der Waals surface area contributed by atoms with Gasteiger partial charge in [-0.2, -0.15) is 0 Å². The van der Waals surface area contributed by atoms with E-state index in [0.29, 0.717) is 22.7 Å². The van der Waals surface area contributed by atoms with Crippen LogP contribution in [0.1, 0.15) is 30.1 Å². The zero-order valence-corrected chi connectivity index (χ0v) is 14.2. The topological polar surface area (TPSA) is 63.7 Å². The van der Waals surface area contributed by atoms with Gasteiger partial charge in [0.1, 0.15) is 5.82 Å². The number of carbonyl (C=O) groups excluding carboxylic acids is 1. The molecule has 3 heterocycles. The predicted molar refractivity (Wildman–Crippen MR) is 95.4 cm³/mol. The van der Waals surface area contributed by atoms with Crippen molar-refractivity contribution in [2.24, 2.45) is 5.92 Å². The number of hydrogen-bond acceptors (Lipinski definition) is 5. The van der Waals surface area contributed by atoms with E-state index in [2.05, 4.69) is 22.1 Å². The lowest BCUT2D eigenvalue weighted by Crippen LogP contribution is -2.33. The van der Waals surface area contributed by atoms with Crippen LogP contribution in [0.3, 0.4) is 0 Å². The molecule has 1 amide bonds. The van der Waals surface area contributed by atoms with Crippen LogP contribution in [-0.2, 0) is 0 Å². The summed E-state index contributed by atoms with van der Waals surface area (Å²) in [6.45, 7) is 4.56. The normalized spacial score (nSPS) is 16.8. The van der Waals surface area contributed by atoms with E-state index in [1.807, 2.05) is 12.1 Å². The first-order chi connectivity index (χ1) is 12.2. The van der Waals surface area contributed by atoms with Crippen LogP contribution in [0.25, 0.3) is 0 Å². The largest absolute Gasteiger partial charge is 0.454 e. The Morgan fingerprint density at radius 2 is 1.96 bits per heavy atom. The second-order valence-corrected chi connectivity index (χ2v) is 6.60. The average molecular weight is 339 g/mol. The first-order valence-electron chi connectivity index (χ1n) is 8.61. The number of carbonyl (C=O) groups is 1. The molecule has 4 rings (SSSR count). The highest BCUT2D eigenvalue weighted by Crippen LogP contribution is 2.32. The van der Waals surface area contributed by atoms with Gasteiger partial charge in [-0.15, -0.1) is 0 Å². The van der Waals surface area contributed by atoms with Gasteiger partial charge in [0.25, 0.3) is 5.91 Å². The second-order valence-electron chi connectivity index (χ2n) is 6.60. The van der Waals surface area contributed by atoms with Crippen molar-refractivity contribution in [2.75, 3.05) is 30.1 Å². The van der Waals surface area contributed by atoms with Crippen molar-refractivity contribution in [3.63, 3.8) is 0 Å². The molecule has 0 unspecified atom stereocenters. The molecular weight excluding hydrogens is 318 g/mol. The molecule has 25 heavy (non-hydrogen) atoms. The maximum Gasteiger partial charge on any atom is 0.255 e. The minimum absolute atomic E-state index is 0.195. The number of nitrogens with zero attached hydrogens (tertiary/aromatic N) is 2. The van der Waals surface area contributed by atoms with Crippen LogP contribution in [0.15, 0.2) is 36.5 Å². The van der Waals surface area contributed by atoms with E-state index >= 15 is 0 Å². The highest BCUT2D eigenvalue weighted by atomic mass is 16.7. The summed E-state index contributed by atoms with van der Waals surface area (Å²) in [5.74, 6) is 2.82. The van der Waals surface area contributed by atoms with Crippen molar-refractivity contribution in [1.82, 2.24) is 4.98 Å². The monoisotopic (exact) mass is 339 g/mol. The summed E-state index contributed by atoms with van der Waals surface area (Å²) in [6, 6.07) is 9.01. The van der Waals surface area contributed by atoms with Gasteiger partial charge in [-0.25, -0.2) is 4.98 Å². The number of amides is 1. The number of rotatable bonds is 3. The van der Waals surface area contributed by atoms with Crippen molar-refractivity contribution >= 4 is 17.4 Å². The number of benzene rings is 1. The van der Waals surface area contributed by atoms with Crippen molar-refractivity contribution < 1.29 is 14.3 Å². The predicted octanol–water partition coefficient (Wildman–Crippen LogP) is 3.30.